The predicted molar refractivity (Wildman–Crippen MR) is 383 cm³/mol. The first-order valence-corrected chi connectivity index (χ1v) is 38.8. The summed E-state index contributed by atoms with van der Waals surface area (Å²) in [6.45, 7) is -6.02. The molecule has 0 radical (unpaired) electrons. The minimum absolute atomic E-state index is 0.0206. The molecule has 6 aliphatic heterocycles. The van der Waals surface area contributed by atoms with Gasteiger partial charge in [-0.2, -0.15) is 0 Å². The molecule has 6 saturated heterocycles. The highest BCUT2D eigenvalue weighted by Gasteiger charge is 2.55. The van der Waals surface area contributed by atoms with Crippen LogP contribution in [0.3, 0.4) is 0 Å². The molecule has 45 nitrogen and oxygen atoms in total. The molecule has 6 aliphatic rings. The monoisotopic (exact) mass is 1680 g/mol. The summed E-state index contributed by atoms with van der Waals surface area (Å²) in [5, 5.41) is 222. The predicted octanol–water partition coefficient (Wildman–Crippen LogP) is -12.8. The van der Waals surface area contributed by atoms with Crippen molar-refractivity contribution in [3.8, 4) is 0 Å². The Balaban J connectivity index is 0.820. The number of hydrogen-bond acceptors (Lipinski definition) is 40. The molecule has 1 aromatic carbocycles. The summed E-state index contributed by atoms with van der Waals surface area (Å²) in [5.74, 6) is -2.73. The molecule has 45 heteroatoms. The number of rotatable bonds is 48. The second-order valence-electron chi connectivity index (χ2n) is 28.9. The average molecular weight is 1680 g/mol. The van der Waals surface area contributed by atoms with Crippen LogP contribution in [-0.4, -0.2) is 432 Å². The molecule has 0 saturated carbocycles. The molecule has 116 heavy (non-hydrogen) atoms. The largest absolute Gasteiger partial charge is 0.461 e. The highest BCUT2D eigenvalue weighted by Crippen LogP contribution is 2.34. The number of esters is 1. The zero-order valence-corrected chi connectivity index (χ0v) is 63.9. The van der Waals surface area contributed by atoms with Gasteiger partial charge in [-0.25, -0.2) is 0 Å². The Bertz CT molecular complexity index is 2880. The Morgan fingerprint density at radius 2 is 0.629 bits per heavy atom. The average Bonchev–Trinajstić information content (AvgIpc) is 0.787. The van der Waals surface area contributed by atoms with E-state index < -0.39 is 253 Å². The van der Waals surface area contributed by atoms with Gasteiger partial charge in [0.05, 0.1) is 72.5 Å². The second kappa shape index (κ2) is 50.2. The van der Waals surface area contributed by atoms with Crippen LogP contribution in [0.2, 0.25) is 0 Å². The van der Waals surface area contributed by atoms with Crippen LogP contribution in [-0.2, 0) is 97.0 Å². The van der Waals surface area contributed by atoms with E-state index in [1.165, 1.54) is 4.90 Å². The van der Waals surface area contributed by atoms with Crippen molar-refractivity contribution in [3.05, 3.63) is 35.9 Å². The molecule has 1 aromatic rings. The fourth-order valence-electron chi connectivity index (χ4n) is 13.2. The van der Waals surface area contributed by atoms with Crippen molar-refractivity contribution in [1.82, 2.24) is 31.5 Å². The van der Waals surface area contributed by atoms with Gasteiger partial charge in [0.15, 0.2) is 37.7 Å². The van der Waals surface area contributed by atoms with Crippen LogP contribution in [0.5, 0.6) is 0 Å². The van der Waals surface area contributed by atoms with Crippen molar-refractivity contribution in [1.29, 1.82) is 0 Å². The maximum atomic E-state index is 13.3. The summed E-state index contributed by atoms with van der Waals surface area (Å²) >= 11 is 0. The topological polar surface area (TPSA) is 690 Å². The molecule has 0 aromatic heterocycles. The van der Waals surface area contributed by atoms with Crippen molar-refractivity contribution in [2.75, 3.05) is 105 Å². The van der Waals surface area contributed by atoms with E-state index in [1.54, 1.807) is 0 Å². The lowest BCUT2D eigenvalue weighted by molar-refractivity contribution is -0.366. The summed E-state index contributed by atoms with van der Waals surface area (Å²) in [4.78, 5) is 79.3. The van der Waals surface area contributed by atoms with Gasteiger partial charge in [-0.1, -0.05) is 49.6 Å². The number of ether oxygens (including phenoxy) is 13. The highest BCUT2D eigenvalue weighted by molar-refractivity contribution is 5.84. The van der Waals surface area contributed by atoms with E-state index in [0.29, 0.717) is 57.8 Å². The van der Waals surface area contributed by atoms with Crippen LogP contribution in [0.4, 0.5) is 0 Å². The van der Waals surface area contributed by atoms with Crippen LogP contribution in [0, 0.1) is 0 Å². The SMILES string of the molecule is O=C(CCCCCNC(=O)CN(CC(=O)NCCCCCC(=O)NCCOC1OC(COC2OC(CO)C(O)C(O)C2O)C(O)C(OC2OC(CO)C(O)C(O)C2O)C1O)CC(=O)NCCCCCC(=O)OCc1ccccc1)NCCOC1OC(COC2OC(CO)C(O)C(O)C2O)C(O)C(OC2OC(CO)C(O)C(O)C2O)C1O. The Kier molecular flexibility index (Phi) is 42.3. The first-order valence-electron chi connectivity index (χ1n) is 38.8. The van der Waals surface area contributed by atoms with Crippen molar-refractivity contribution in [3.63, 3.8) is 0 Å². The number of amides is 5. The smallest absolute Gasteiger partial charge is 0.306 e. The van der Waals surface area contributed by atoms with Gasteiger partial charge in [-0.15, -0.1) is 0 Å². The molecule has 0 aliphatic carbocycles. The van der Waals surface area contributed by atoms with E-state index in [1.807, 2.05) is 30.3 Å². The van der Waals surface area contributed by atoms with Crippen molar-refractivity contribution in [2.24, 2.45) is 0 Å². The van der Waals surface area contributed by atoms with E-state index in [9.17, 15) is 131 Å². The lowest BCUT2D eigenvalue weighted by atomic mass is 9.96. The molecular weight excluding hydrogens is 1560 g/mol. The number of hydrogen-bond donors (Lipinski definition) is 25. The molecular formula is C71H118N6O39. The lowest BCUT2D eigenvalue weighted by Gasteiger charge is -2.46. The summed E-state index contributed by atoms with van der Waals surface area (Å²) in [6.07, 6.45) is -48.2. The Labute approximate surface area is 666 Å². The van der Waals surface area contributed by atoms with Gasteiger partial charge < -0.3 is 190 Å². The third-order valence-corrected chi connectivity index (χ3v) is 20.1. The molecule has 7 rings (SSSR count). The third-order valence-electron chi connectivity index (χ3n) is 20.1. The summed E-state index contributed by atoms with van der Waals surface area (Å²) in [7, 11) is 0. The van der Waals surface area contributed by atoms with Gasteiger partial charge in [-0.3, -0.25) is 33.7 Å². The van der Waals surface area contributed by atoms with E-state index in [2.05, 4.69) is 26.6 Å². The molecule has 25 N–H and O–H groups in total. The summed E-state index contributed by atoms with van der Waals surface area (Å²) in [6, 6.07) is 9.19. The first-order chi connectivity index (χ1) is 55.5. The normalized spacial score (nSPS) is 35.5. The number of carbonyl (C=O) groups excluding carboxylic acids is 6. The Morgan fingerprint density at radius 1 is 0.319 bits per heavy atom. The zero-order chi connectivity index (χ0) is 84.7. The van der Waals surface area contributed by atoms with Crippen molar-refractivity contribution >= 4 is 35.5 Å². The van der Waals surface area contributed by atoms with E-state index in [0.717, 1.165) is 5.56 Å². The molecule has 6 fully saturated rings. The van der Waals surface area contributed by atoms with Crippen molar-refractivity contribution in [2.45, 2.75) is 268 Å². The van der Waals surface area contributed by atoms with Gasteiger partial charge in [-0.05, 0) is 44.1 Å². The quantitative estimate of drug-likeness (QED) is 0.0213. The van der Waals surface area contributed by atoms with Gasteiger partial charge in [0, 0.05) is 52.0 Å². The lowest BCUT2D eigenvalue weighted by Crippen LogP contribution is -2.65. The van der Waals surface area contributed by atoms with E-state index in [4.69, 9.17) is 61.6 Å². The molecule has 30 unspecified atom stereocenters. The van der Waals surface area contributed by atoms with Crippen LogP contribution in [0.1, 0.15) is 82.6 Å². The maximum Gasteiger partial charge on any atom is 0.306 e. The minimum atomic E-state index is -1.97. The Hall–Kier alpha value is -5.28. The summed E-state index contributed by atoms with van der Waals surface area (Å²) in [5.41, 5.74) is 0.848. The number of aliphatic hydroxyl groups excluding tert-OH is 20. The van der Waals surface area contributed by atoms with Crippen LogP contribution >= 0.6 is 0 Å². The van der Waals surface area contributed by atoms with E-state index >= 15 is 0 Å². The second-order valence-corrected chi connectivity index (χ2v) is 28.9. The van der Waals surface area contributed by atoms with Gasteiger partial charge in [0.2, 0.25) is 29.5 Å². The first kappa shape index (κ1) is 97.8. The number of nitrogens with one attached hydrogen (secondary N) is 5. The fourth-order valence-corrected chi connectivity index (χ4v) is 13.2. The van der Waals surface area contributed by atoms with Crippen molar-refractivity contribution < 1.29 is 192 Å². The molecule has 666 valence electrons. The Morgan fingerprint density at radius 3 is 0.983 bits per heavy atom. The van der Waals surface area contributed by atoms with Crippen LogP contribution in [0.15, 0.2) is 30.3 Å². The number of carbonyl (C=O) groups is 6. The number of nitrogens with zero attached hydrogens (tertiary/aromatic N) is 1. The third kappa shape index (κ3) is 29.5. The standard InChI is InChI=1S/C71H118N6O39/c78-28-36-48(88)54(94)58(98)66(109-36)107-33-40-52(92)64(115-70-60(100)56(96)50(90)38(30-80)111-70)62(102)68(113-40)104-23-21-75-42(82)15-7-2-10-18-72-44(84)25-77(27-46(86)74-20-12-4-9-17-47(87)106-32-35-13-5-1-6-14-35)26-45(85)73-19-11-3-8-16-43(83)76-22-24-105-69-63(103)65(116-71-61(101)57(97)51(91)39(31-81)112-71)53(93)41(114-69)34-108-67-59(99)55(95)49(89)37(29-79)110-67/h1,5-6,13-14,36-41,48-71,78-81,88-103H,2-4,7-12,15-34H2,(H,72,84)(H,73,85)(H,74,86)(H,75,82)(H,76,83). The van der Waals surface area contributed by atoms with Gasteiger partial charge in [0.1, 0.15) is 153 Å². The molecule has 30 atom stereocenters. The zero-order valence-electron chi connectivity index (χ0n) is 63.9. The van der Waals surface area contributed by atoms with Crippen LogP contribution in [0.25, 0.3) is 0 Å². The number of aliphatic hydroxyl groups is 20. The van der Waals surface area contributed by atoms with Gasteiger partial charge >= 0.3 is 5.97 Å². The molecule has 5 amide bonds. The maximum absolute atomic E-state index is 13.3. The molecule has 0 spiro atoms. The molecule has 0 bridgehead atoms. The number of unbranched alkanes of at least 4 members (excludes halogenated alkanes) is 6. The fraction of sp³-hybridized carbons (Fsp3) is 0.831. The van der Waals surface area contributed by atoms with Gasteiger partial charge in [0.25, 0.3) is 0 Å². The highest BCUT2D eigenvalue weighted by atomic mass is 16.8. The molecule has 6 heterocycles. The van der Waals surface area contributed by atoms with E-state index in [-0.39, 0.29) is 97.4 Å². The summed E-state index contributed by atoms with van der Waals surface area (Å²) < 4.78 is 72.5. The van der Waals surface area contributed by atoms with Crippen LogP contribution < -0.4 is 26.6 Å². The minimum Gasteiger partial charge on any atom is -0.461 e. The number of benzene rings is 1.